The third-order valence-corrected chi connectivity index (χ3v) is 5.99. The Labute approximate surface area is 162 Å². The van der Waals surface area contributed by atoms with Crippen LogP contribution in [0.5, 0.6) is 0 Å². The molecule has 0 saturated heterocycles. The molecular weight excluding hydrogens is 352 g/mol. The first kappa shape index (κ1) is 17.5. The molecule has 27 heavy (non-hydrogen) atoms. The van der Waals surface area contributed by atoms with Gasteiger partial charge in [0, 0.05) is 21.7 Å². The molecule has 0 saturated carbocycles. The minimum Gasteiger partial charge on any atom is -0.399 e. The fourth-order valence-electron chi connectivity index (χ4n) is 3.19. The van der Waals surface area contributed by atoms with Crippen LogP contribution in [0.3, 0.4) is 0 Å². The van der Waals surface area contributed by atoms with E-state index in [-0.39, 0.29) is 5.41 Å². The molecule has 0 amide bonds. The maximum Gasteiger partial charge on any atom is 0.161 e. The van der Waals surface area contributed by atoms with Crippen LogP contribution >= 0.6 is 11.3 Å². The Morgan fingerprint density at radius 2 is 1.56 bits per heavy atom. The minimum atomic E-state index is -0.0602. The molecule has 0 radical (unpaired) electrons. The van der Waals surface area contributed by atoms with Gasteiger partial charge >= 0.3 is 0 Å². The van der Waals surface area contributed by atoms with Crippen molar-refractivity contribution in [2.45, 2.75) is 26.2 Å². The van der Waals surface area contributed by atoms with Gasteiger partial charge in [0.1, 0.15) is 4.83 Å². The minimum absolute atomic E-state index is 0.0602. The Morgan fingerprint density at radius 1 is 0.852 bits per heavy atom. The van der Waals surface area contributed by atoms with E-state index in [1.54, 1.807) is 11.3 Å². The summed E-state index contributed by atoms with van der Waals surface area (Å²) in [5, 5.41) is 0.912. The number of hydrogen-bond donors (Lipinski definition) is 2. The number of nitrogen functional groups attached to an aromatic ring is 2. The number of aromatic nitrogens is 2. The molecular formula is C22H22N4S. The summed E-state index contributed by atoms with van der Waals surface area (Å²) in [5.74, 6) is 0.697. The summed E-state index contributed by atoms with van der Waals surface area (Å²) >= 11 is 1.65. The first-order chi connectivity index (χ1) is 12.8. The molecule has 0 atom stereocenters. The quantitative estimate of drug-likeness (QED) is 0.455. The predicted octanol–water partition coefficient (Wildman–Crippen LogP) is 5.49. The Balaban J connectivity index is 2.07. The van der Waals surface area contributed by atoms with Crippen molar-refractivity contribution in [2.75, 3.05) is 11.5 Å². The van der Waals surface area contributed by atoms with Gasteiger partial charge in [-0.1, -0.05) is 63.2 Å². The van der Waals surface area contributed by atoms with E-state index in [9.17, 15) is 0 Å². The van der Waals surface area contributed by atoms with Gasteiger partial charge in [-0.05, 0) is 17.5 Å². The fourth-order valence-corrected chi connectivity index (χ4v) is 4.34. The van der Waals surface area contributed by atoms with Crippen LogP contribution in [0.1, 0.15) is 25.6 Å². The lowest BCUT2D eigenvalue weighted by atomic mass is 9.92. The van der Waals surface area contributed by atoms with Crippen molar-refractivity contribution in [2.24, 2.45) is 0 Å². The Bertz CT molecular complexity index is 1120. The molecule has 4 nitrogen and oxygen atoms in total. The normalized spacial score (nSPS) is 11.8. The van der Waals surface area contributed by atoms with Gasteiger partial charge < -0.3 is 11.5 Å². The number of nitrogens with zero attached hydrogens (tertiary/aromatic N) is 2. The molecule has 0 unspecified atom stereocenters. The molecule has 2 aromatic carbocycles. The van der Waals surface area contributed by atoms with Crippen molar-refractivity contribution in [3.63, 3.8) is 0 Å². The van der Waals surface area contributed by atoms with Gasteiger partial charge in [-0.25, -0.2) is 9.97 Å². The maximum atomic E-state index is 6.59. The van der Waals surface area contributed by atoms with Crippen LogP contribution in [0.4, 0.5) is 11.4 Å². The zero-order valence-electron chi connectivity index (χ0n) is 15.7. The van der Waals surface area contributed by atoms with Crippen molar-refractivity contribution in [1.29, 1.82) is 0 Å². The highest BCUT2D eigenvalue weighted by Gasteiger charge is 2.25. The van der Waals surface area contributed by atoms with Gasteiger partial charge in [0.2, 0.25) is 0 Å². The summed E-state index contributed by atoms with van der Waals surface area (Å²) in [6.45, 7) is 6.50. The molecule has 0 spiro atoms. The van der Waals surface area contributed by atoms with Gasteiger partial charge in [0.15, 0.2) is 5.82 Å². The lowest BCUT2D eigenvalue weighted by molar-refractivity contribution is 0.606. The number of fused-ring (bicyclic) bond motifs is 1. The number of benzene rings is 2. The molecule has 4 aromatic rings. The number of rotatable bonds is 2. The standard InChI is InChI=1S/C22H22N4S/c1-22(2,3)19-17(24)16-18(14-10-7-11-15(23)12-14)25-20(26-21(16)27-19)13-8-5-4-6-9-13/h4-12H,23-24H2,1-3H3. The Hall–Kier alpha value is -2.92. The first-order valence-corrected chi connectivity index (χ1v) is 9.68. The van der Waals surface area contributed by atoms with E-state index in [1.165, 1.54) is 0 Å². The SMILES string of the molecule is CC(C)(C)c1sc2nc(-c3ccccc3)nc(-c3cccc(N)c3)c2c1N. The van der Waals surface area contributed by atoms with E-state index in [4.69, 9.17) is 21.4 Å². The lowest BCUT2D eigenvalue weighted by Gasteiger charge is -2.17. The van der Waals surface area contributed by atoms with Crippen LogP contribution in [0.25, 0.3) is 32.9 Å². The van der Waals surface area contributed by atoms with E-state index in [0.29, 0.717) is 11.5 Å². The predicted molar refractivity (Wildman–Crippen MR) is 116 cm³/mol. The van der Waals surface area contributed by atoms with Gasteiger partial charge in [0.05, 0.1) is 16.8 Å². The van der Waals surface area contributed by atoms with Crippen LogP contribution < -0.4 is 11.5 Å². The number of thiophene rings is 1. The van der Waals surface area contributed by atoms with E-state index >= 15 is 0 Å². The molecule has 4 rings (SSSR count). The molecule has 2 heterocycles. The van der Waals surface area contributed by atoms with Gasteiger partial charge in [0.25, 0.3) is 0 Å². The van der Waals surface area contributed by atoms with E-state index in [0.717, 1.165) is 37.6 Å². The van der Waals surface area contributed by atoms with Crippen LogP contribution in [-0.4, -0.2) is 9.97 Å². The maximum absolute atomic E-state index is 6.59. The van der Waals surface area contributed by atoms with Crippen molar-refractivity contribution in [1.82, 2.24) is 9.97 Å². The Morgan fingerprint density at radius 3 is 2.22 bits per heavy atom. The van der Waals surface area contributed by atoms with Crippen LogP contribution in [-0.2, 0) is 5.41 Å². The van der Waals surface area contributed by atoms with Crippen LogP contribution in [0.2, 0.25) is 0 Å². The summed E-state index contributed by atoms with van der Waals surface area (Å²) in [4.78, 5) is 11.8. The molecule has 0 fully saturated rings. The van der Waals surface area contributed by atoms with Crippen LogP contribution in [0, 0.1) is 0 Å². The zero-order valence-corrected chi connectivity index (χ0v) is 16.5. The highest BCUT2D eigenvalue weighted by atomic mass is 32.1. The summed E-state index contributed by atoms with van der Waals surface area (Å²) in [5.41, 5.74) is 16.8. The number of hydrogen-bond acceptors (Lipinski definition) is 5. The molecule has 136 valence electrons. The molecule has 2 aromatic heterocycles. The fraction of sp³-hybridized carbons (Fsp3) is 0.182. The molecule has 0 aliphatic carbocycles. The van der Waals surface area contributed by atoms with E-state index in [2.05, 4.69) is 20.8 Å². The van der Waals surface area contributed by atoms with Crippen molar-refractivity contribution < 1.29 is 0 Å². The Kier molecular flexibility index (Phi) is 4.12. The van der Waals surface area contributed by atoms with Gasteiger partial charge in [-0.3, -0.25) is 0 Å². The van der Waals surface area contributed by atoms with Gasteiger partial charge in [-0.15, -0.1) is 11.3 Å². The zero-order chi connectivity index (χ0) is 19.2. The third kappa shape index (κ3) is 3.15. The summed E-state index contributed by atoms with van der Waals surface area (Å²) in [6, 6.07) is 17.8. The number of anilines is 2. The monoisotopic (exact) mass is 374 g/mol. The second-order valence-electron chi connectivity index (χ2n) is 7.66. The number of nitrogens with two attached hydrogens (primary N) is 2. The summed E-state index contributed by atoms with van der Waals surface area (Å²) in [7, 11) is 0. The second-order valence-corrected chi connectivity index (χ2v) is 8.66. The lowest BCUT2D eigenvalue weighted by Crippen LogP contribution is -2.10. The molecule has 0 aliphatic rings. The first-order valence-electron chi connectivity index (χ1n) is 8.86. The average molecular weight is 375 g/mol. The molecule has 0 bridgehead atoms. The smallest absolute Gasteiger partial charge is 0.161 e. The summed E-state index contributed by atoms with van der Waals surface area (Å²) < 4.78 is 0. The molecule has 0 aliphatic heterocycles. The van der Waals surface area contributed by atoms with Crippen molar-refractivity contribution >= 4 is 32.9 Å². The van der Waals surface area contributed by atoms with Gasteiger partial charge in [-0.2, -0.15) is 0 Å². The van der Waals surface area contributed by atoms with E-state index < -0.39 is 0 Å². The highest BCUT2D eigenvalue weighted by Crippen LogP contribution is 2.44. The average Bonchev–Trinajstić information content (AvgIpc) is 2.99. The third-order valence-electron chi connectivity index (χ3n) is 4.46. The molecule has 5 heteroatoms. The van der Waals surface area contributed by atoms with Crippen LogP contribution in [0.15, 0.2) is 54.6 Å². The topological polar surface area (TPSA) is 77.8 Å². The summed E-state index contributed by atoms with van der Waals surface area (Å²) in [6.07, 6.45) is 0. The largest absolute Gasteiger partial charge is 0.399 e. The second kappa shape index (κ2) is 6.35. The van der Waals surface area contributed by atoms with E-state index in [1.807, 2.05) is 54.6 Å². The highest BCUT2D eigenvalue weighted by molar-refractivity contribution is 7.19. The van der Waals surface area contributed by atoms with Crippen molar-refractivity contribution in [3.8, 4) is 22.6 Å². The molecule has 4 N–H and O–H groups in total. The van der Waals surface area contributed by atoms with Crippen molar-refractivity contribution in [3.05, 3.63) is 59.5 Å².